The highest BCUT2D eigenvalue weighted by molar-refractivity contribution is 5.95. The number of halogens is 1. The van der Waals surface area contributed by atoms with Crippen LogP contribution in [0.15, 0.2) is 36.5 Å². The van der Waals surface area contributed by atoms with Gasteiger partial charge in [0.2, 0.25) is 0 Å². The van der Waals surface area contributed by atoms with Crippen LogP contribution in [-0.2, 0) is 0 Å². The summed E-state index contributed by atoms with van der Waals surface area (Å²) in [4.78, 5) is 15.6. The average Bonchev–Trinajstić information content (AvgIpc) is 2.73. The highest BCUT2D eigenvalue weighted by Crippen LogP contribution is 2.20. The SMILES string of the molecule is CC(=O)c1cnc2ccc3ccc(F)cc3n12. The summed E-state index contributed by atoms with van der Waals surface area (Å²) >= 11 is 0. The molecule has 2 aromatic heterocycles. The number of fused-ring (bicyclic) bond motifs is 3. The summed E-state index contributed by atoms with van der Waals surface area (Å²) in [5.41, 5.74) is 1.77. The molecule has 3 aromatic rings. The lowest BCUT2D eigenvalue weighted by Gasteiger charge is -2.04. The van der Waals surface area contributed by atoms with Gasteiger partial charge in [-0.2, -0.15) is 0 Å². The summed E-state index contributed by atoms with van der Waals surface area (Å²) in [5, 5.41) is 0.874. The van der Waals surface area contributed by atoms with E-state index in [1.54, 1.807) is 10.5 Å². The number of aromatic nitrogens is 2. The monoisotopic (exact) mass is 228 g/mol. The molecule has 0 unspecified atom stereocenters. The lowest BCUT2D eigenvalue weighted by Crippen LogP contribution is -1.99. The third-order valence-electron chi connectivity index (χ3n) is 2.80. The third kappa shape index (κ3) is 1.41. The molecule has 0 fully saturated rings. The molecular formula is C13H9FN2O. The van der Waals surface area contributed by atoms with Gasteiger partial charge in [-0.15, -0.1) is 0 Å². The van der Waals surface area contributed by atoms with Crippen molar-refractivity contribution in [3.05, 3.63) is 48.0 Å². The van der Waals surface area contributed by atoms with Gasteiger partial charge in [-0.25, -0.2) is 9.37 Å². The Morgan fingerprint density at radius 1 is 1.29 bits per heavy atom. The fraction of sp³-hybridized carbons (Fsp3) is 0.0769. The Morgan fingerprint density at radius 3 is 2.82 bits per heavy atom. The van der Waals surface area contributed by atoms with Gasteiger partial charge in [0, 0.05) is 6.92 Å². The molecule has 0 atom stereocenters. The predicted molar refractivity (Wildman–Crippen MR) is 62.7 cm³/mol. The van der Waals surface area contributed by atoms with Crippen LogP contribution in [0.5, 0.6) is 0 Å². The van der Waals surface area contributed by atoms with Crippen LogP contribution in [0.2, 0.25) is 0 Å². The van der Waals surface area contributed by atoms with Gasteiger partial charge in [-0.1, -0.05) is 0 Å². The molecule has 0 N–H and O–H groups in total. The van der Waals surface area contributed by atoms with Crippen molar-refractivity contribution in [1.82, 2.24) is 9.38 Å². The molecule has 84 valence electrons. The first-order chi connectivity index (χ1) is 8.16. The molecular weight excluding hydrogens is 219 g/mol. The lowest BCUT2D eigenvalue weighted by atomic mass is 10.2. The number of pyridine rings is 1. The lowest BCUT2D eigenvalue weighted by molar-refractivity contribution is 0.101. The number of imidazole rings is 1. The quantitative estimate of drug-likeness (QED) is 0.600. The largest absolute Gasteiger partial charge is 0.293 e. The average molecular weight is 228 g/mol. The summed E-state index contributed by atoms with van der Waals surface area (Å²) in [7, 11) is 0. The number of hydrogen-bond donors (Lipinski definition) is 0. The molecule has 4 heteroatoms. The first kappa shape index (κ1) is 9.96. The van der Waals surface area contributed by atoms with Crippen LogP contribution < -0.4 is 0 Å². The van der Waals surface area contributed by atoms with E-state index in [2.05, 4.69) is 4.98 Å². The van der Waals surface area contributed by atoms with E-state index in [4.69, 9.17) is 0 Å². The topological polar surface area (TPSA) is 34.4 Å². The van der Waals surface area contributed by atoms with Crippen LogP contribution in [0.25, 0.3) is 16.6 Å². The fourth-order valence-corrected chi connectivity index (χ4v) is 2.00. The molecule has 2 heterocycles. The van der Waals surface area contributed by atoms with Gasteiger partial charge in [0.1, 0.15) is 17.2 Å². The number of hydrogen-bond acceptors (Lipinski definition) is 2. The first-order valence-electron chi connectivity index (χ1n) is 5.23. The maximum Gasteiger partial charge on any atom is 0.178 e. The molecule has 0 bridgehead atoms. The van der Waals surface area contributed by atoms with Crippen LogP contribution in [0, 0.1) is 5.82 Å². The van der Waals surface area contributed by atoms with Gasteiger partial charge in [0.05, 0.1) is 11.7 Å². The van der Waals surface area contributed by atoms with Crippen molar-refractivity contribution < 1.29 is 9.18 Å². The molecule has 1 aromatic carbocycles. The van der Waals surface area contributed by atoms with Crippen molar-refractivity contribution >= 4 is 22.3 Å². The molecule has 0 radical (unpaired) electrons. The number of ketones is 1. The summed E-state index contributed by atoms with van der Waals surface area (Å²) in [6.45, 7) is 1.47. The number of Topliss-reactive ketones (excluding diaryl/α,β-unsaturated/α-hetero) is 1. The molecule has 0 spiro atoms. The van der Waals surface area contributed by atoms with Crippen molar-refractivity contribution in [2.24, 2.45) is 0 Å². The molecule has 3 rings (SSSR count). The van der Waals surface area contributed by atoms with Gasteiger partial charge in [0.15, 0.2) is 5.78 Å². The van der Waals surface area contributed by atoms with Gasteiger partial charge in [-0.05, 0) is 35.7 Å². The van der Waals surface area contributed by atoms with Gasteiger partial charge >= 0.3 is 0 Å². The molecule has 0 amide bonds. The van der Waals surface area contributed by atoms with Crippen LogP contribution >= 0.6 is 0 Å². The second-order valence-electron chi connectivity index (χ2n) is 3.93. The van der Waals surface area contributed by atoms with Crippen molar-refractivity contribution in [1.29, 1.82) is 0 Å². The van der Waals surface area contributed by atoms with E-state index in [0.717, 1.165) is 5.39 Å². The van der Waals surface area contributed by atoms with Crippen LogP contribution in [0.4, 0.5) is 4.39 Å². The van der Waals surface area contributed by atoms with Crippen molar-refractivity contribution in [2.75, 3.05) is 0 Å². The zero-order valence-corrected chi connectivity index (χ0v) is 9.14. The number of nitrogens with zero attached hydrogens (tertiary/aromatic N) is 2. The standard InChI is InChI=1S/C13H9FN2O/c1-8(17)12-7-15-13-5-3-9-2-4-10(14)6-11(9)16(12)13/h2-7H,1H3. The number of rotatable bonds is 1. The van der Waals surface area contributed by atoms with Crippen LogP contribution in [0.1, 0.15) is 17.4 Å². The van der Waals surface area contributed by atoms with Crippen molar-refractivity contribution in [3.63, 3.8) is 0 Å². The van der Waals surface area contributed by atoms with Crippen molar-refractivity contribution in [2.45, 2.75) is 6.92 Å². The van der Waals surface area contributed by atoms with Gasteiger partial charge < -0.3 is 0 Å². The van der Waals surface area contributed by atoms with Crippen molar-refractivity contribution in [3.8, 4) is 0 Å². The minimum atomic E-state index is -0.326. The Kier molecular flexibility index (Phi) is 1.98. The van der Waals surface area contributed by atoms with E-state index in [1.807, 2.05) is 12.1 Å². The van der Waals surface area contributed by atoms with E-state index in [0.29, 0.717) is 16.9 Å². The maximum atomic E-state index is 13.3. The Hall–Kier alpha value is -2.23. The first-order valence-corrected chi connectivity index (χ1v) is 5.23. The highest BCUT2D eigenvalue weighted by atomic mass is 19.1. The van der Waals surface area contributed by atoms with Gasteiger partial charge in [0.25, 0.3) is 0 Å². The smallest absolute Gasteiger partial charge is 0.178 e. The zero-order chi connectivity index (χ0) is 12.0. The normalized spacial score (nSPS) is 11.2. The number of carbonyl (C=O) groups is 1. The molecule has 0 saturated heterocycles. The van der Waals surface area contributed by atoms with E-state index in [-0.39, 0.29) is 11.6 Å². The van der Waals surface area contributed by atoms with E-state index in [1.165, 1.54) is 25.3 Å². The highest BCUT2D eigenvalue weighted by Gasteiger charge is 2.10. The summed E-state index contributed by atoms with van der Waals surface area (Å²) in [6.07, 6.45) is 1.52. The minimum Gasteiger partial charge on any atom is -0.293 e. The molecule has 17 heavy (non-hydrogen) atoms. The summed E-state index contributed by atoms with van der Waals surface area (Å²) < 4.78 is 15.0. The Balaban J connectivity index is 2.55. The van der Waals surface area contributed by atoms with E-state index < -0.39 is 0 Å². The summed E-state index contributed by atoms with van der Waals surface area (Å²) in [5.74, 6) is -0.414. The minimum absolute atomic E-state index is 0.0886. The van der Waals surface area contributed by atoms with Crippen LogP contribution in [-0.4, -0.2) is 15.2 Å². The molecule has 0 aliphatic heterocycles. The molecule has 3 nitrogen and oxygen atoms in total. The molecule has 0 aliphatic rings. The fourth-order valence-electron chi connectivity index (χ4n) is 2.00. The Labute approximate surface area is 96.5 Å². The zero-order valence-electron chi connectivity index (χ0n) is 9.14. The third-order valence-corrected chi connectivity index (χ3v) is 2.80. The second-order valence-corrected chi connectivity index (χ2v) is 3.93. The number of carbonyl (C=O) groups excluding carboxylic acids is 1. The second kappa shape index (κ2) is 3.38. The summed E-state index contributed by atoms with van der Waals surface area (Å²) in [6, 6.07) is 8.18. The predicted octanol–water partition coefficient (Wildman–Crippen LogP) is 2.83. The maximum absolute atomic E-state index is 13.3. The van der Waals surface area contributed by atoms with E-state index >= 15 is 0 Å². The molecule has 0 aliphatic carbocycles. The molecule has 0 saturated carbocycles. The Bertz CT molecular complexity index is 746. The van der Waals surface area contributed by atoms with Gasteiger partial charge in [-0.3, -0.25) is 9.20 Å². The van der Waals surface area contributed by atoms with Crippen LogP contribution in [0.3, 0.4) is 0 Å². The Morgan fingerprint density at radius 2 is 2.06 bits per heavy atom. The number of benzene rings is 1. The van der Waals surface area contributed by atoms with E-state index in [9.17, 15) is 9.18 Å².